The standard InChI is InChI=1S/C19H17FN4O3/c20-12-1-2-13-14(8-18(26)23-16(13)7-12)19(27)24-5-3-11(4-6-24)15-9-17(25)22-10-21-15/h1-2,7-11H,3-6H2,(H,23,26)(H,21,22,25). The van der Waals surface area contributed by atoms with Gasteiger partial charge in [-0.05, 0) is 31.0 Å². The molecule has 0 aliphatic carbocycles. The maximum atomic E-state index is 13.4. The predicted molar refractivity (Wildman–Crippen MR) is 97.3 cm³/mol. The predicted octanol–water partition coefficient (Wildman–Crippen LogP) is 1.77. The zero-order chi connectivity index (χ0) is 19.0. The third-order valence-corrected chi connectivity index (χ3v) is 4.94. The Bertz CT molecular complexity index is 1130. The number of aromatic amines is 2. The van der Waals surface area contributed by atoms with Crippen LogP contribution in [0.3, 0.4) is 0 Å². The molecule has 0 radical (unpaired) electrons. The minimum atomic E-state index is -0.478. The van der Waals surface area contributed by atoms with Crippen molar-refractivity contribution in [1.29, 1.82) is 0 Å². The molecule has 1 amide bonds. The molecule has 0 atom stereocenters. The van der Waals surface area contributed by atoms with Crippen LogP contribution < -0.4 is 11.1 Å². The average Bonchev–Trinajstić information content (AvgIpc) is 2.66. The fraction of sp³-hybridized carbons (Fsp3) is 0.263. The van der Waals surface area contributed by atoms with Crippen molar-refractivity contribution in [3.8, 4) is 0 Å². The molecule has 27 heavy (non-hydrogen) atoms. The van der Waals surface area contributed by atoms with Gasteiger partial charge in [0.2, 0.25) is 5.56 Å². The molecule has 2 N–H and O–H groups in total. The summed E-state index contributed by atoms with van der Waals surface area (Å²) in [6.45, 7) is 0.987. The molecule has 0 saturated carbocycles. The Hall–Kier alpha value is -3.29. The van der Waals surface area contributed by atoms with Crippen molar-refractivity contribution in [3.63, 3.8) is 0 Å². The lowest BCUT2D eigenvalue weighted by Gasteiger charge is -2.31. The second kappa shape index (κ2) is 6.79. The molecule has 7 nitrogen and oxygen atoms in total. The lowest BCUT2D eigenvalue weighted by atomic mass is 9.93. The largest absolute Gasteiger partial charge is 0.339 e. The highest BCUT2D eigenvalue weighted by molar-refractivity contribution is 6.06. The van der Waals surface area contributed by atoms with Crippen molar-refractivity contribution in [2.75, 3.05) is 13.1 Å². The molecule has 1 saturated heterocycles. The zero-order valence-corrected chi connectivity index (χ0v) is 14.4. The number of amides is 1. The first-order valence-electron chi connectivity index (χ1n) is 8.68. The molecule has 4 rings (SSSR count). The van der Waals surface area contributed by atoms with Crippen molar-refractivity contribution in [2.24, 2.45) is 0 Å². The normalized spacial score (nSPS) is 15.2. The van der Waals surface area contributed by atoms with Gasteiger partial charge >= 0.3 is 0 Å². The second-order valence-corrected chi connectivity index (χ2v) is 6.64. The molecular formula is C19H17FN4O3. The summed E-state index contributed by atoms with van der Waals surface area (Å²) in [7, 11) is 0. The Morgan fingerprint density at radius 1 is 1.11 bits per heavy atom. The Morgan fingerprint density at radius 3 is 2.63 bits per heavy atom. The van der Waals surface area contributed by atoms with Crippen molar-refractivity contribution in [2.45, 2.75) is 18.8 Å². The molecule has 138 valence electrons. The summed E-state index contributed by atoms with van der Waals surface area (Å²) in [5.74, 6) is -0.620. The molecule has 1 aliphatic rings. The van der Waals surface area contributed by atoms with Crippen LogP contribution in [-0.4, -0.2) is 38.8 Å². The highest BCUT2D eigenvalue weighted by Crippen LogP contribution is 2.27. The Morgan fingerprint density at radius 2 is 1.89 bits per heavy atom. The van der Waals surface area contributed by atoms with E-state index in [0.29, 0.717) is 36.8 Å². The fourth-order valence-corrected chi connectivity index (χ4v) is 3.56. The Kier molecular flexibility index (Phi) is 4.31. The van der Waals surface area contributed by atoms with Gasteiger partial charge in [-0.1, -0.05) is 0 Å². The summed E-state index contributed by atoms with van der Waals surface area (Å²) < 4.78 is 13.4. The number of fused-ring (bicyclic) bond motifs is 1. The third-order valence-electron chi connectivity index (χ3n) is 4.94. The van der Waals surface area contributed by atoms with Crippen LogP contribution in [-0.2, 0) is 0 Å². The smallest absolute Gasteiger partial charge is 0.254 e. The number of carbonyl (C=O) groups excluding carboxylic acids is 1. The molecule has 1 aromatic carbocycles. The minimum absolute atomic E-state index is 0.112. The summed E-state index contributed by atoms with van der Waals surface area (Å²) in [6.07, 6.45) is 2.74. The van der Waals surface area contributed by atoms with E-state index in [4.69, 9.17) is 0 Å². The number of pyridine rings is 1. The number of H-pyrrole nitrogens is 2. The zero-order valence-electron chi connectivity index (χ0n) is 14.4. The van der Waals surface area contributed by atoms with E-state index >= 15 is 0 Å². The number of benzene rings is 1. The highest BCUT2D eigenvalue weighted by Gasteiger charge is 2.26. The summed E-state index contributed by atoms with van der Waals surface area (Å²) >= 11 is 0. The van der Waals surface area contributed by atoms with Crippen LogP contribution >= 0.6 is 0 Å². The number of nitrogens with one attached hydrogen (secondary N) is 2. The monoisotopic (exact) mass is 368 g/mol. The van der Waals surface area contributed by atoms with Crippen molar-refractivity contribution in [1.82, 2.24) is 19.9 Å². The molecule has 0 spiro atoms. The Balaban J connectivity index is 1.57. The van der Waals surface area contributed by atoms with Gasteiger partial charge in [0, 0.05) is 36.5 Å². The number of hydrogen-bond acceptors (Lipinski definition) is 4. The summed E-state index contributed by atoms with van der Waals surface area (Å²) in [6, 6.07) is 6.72. The first-order valence-corrected chi connectivity index (χ1v) is 8.68. The van der Waals surface area contributed by atoms with Crippen molar-refractivity contribution < 1.29 is 9.18 Å². The van der Waals surface area contributed by atoms with E-state index in [2.05, 4.69) is 15.0 Å². The van der Waals surface area contributed by atoms with Gasteiger partial charge in [-0.2, -0.15) is 0 Å². The van der Waals surface area contributed by atoms with Gasteiger partial charge in [-0.25, -0.2) is 9.37 Å². The first kappa shape index (κ1) is 17.1. The van der Waals surface area contributed by atoms with Gasteiger partial charge in [0.05, 0.1) is 23.1 Å². The van der Waals surface area contributed by atoms with Crippen molar-refractivity contribution >= 4 is 16.8 Å². The lowest BCUT2D eigenvalue weighted by molar-refractivity contribution is 0.0714. The number of halogens is 1. The summed E-state index contributed by atoms with van der Waals surface area (Å²) in [5, 5.41) is 0.513. The van der Waals surface area contributed by atoms with E-state index in [9.17, 15) is 18.8 Å². The number of nitrogens with zero attached hydrogens (tertiary/aromatic N) is 2. The van der Waals surface area contributed by atoms with E-state index in [1.165, 1.54) is 36.7 Å². The number of piperidine rings is 1. The van der Waals surface area contributed by atoms with E-state index in [0.717, 1.165) is 5.69 Å². The molecular weight excluding hydrogens is 351 g/mol. The van der Waals surface area contributed by atoms with Gasteiger partial charge in [-0.15, -0.1) is 0 Å². The molecule has 3 aromatic rings. The van der Waals surface area contributed by atoms with Gasteiger partial charge in [0.15, 0.2) is 0 Å². The number of rotatable bonds is 2. The number of aromatic nitrogens is 3. The minimum Gasteiger partial charge on any atom is -0.339 e. The van der Waals surface area contributed by atoms with Crippen LogP contribution in [0.2, 0.25) is 0 Å². The van der Waals surface area contributed by atoms with Crippen LogP contribution in [0.15, 0.2) is 46.2 Å². The molecule has 2 aromatic heterocycles. The average molecular weight is 368 g/mol. The first-order chi connectivity index (χ1) is 13.0. The van der Waals surface area contributed by atoms with Gasteiger partial charge < -0.3 is 14.9 Å². The number of likely N-dealkylation sites (tertiary alicyclic amines) is 1. The van der Waals surface area contributed by atoms with Gasteiger partial charge in [-0.3, -0.25) is 14.4 Å². The number of hydrogen-bond donors (Lipinski definition) is 2. The van der Waals surface area contributed by atoms with Crippen LogP contribution in [0.5, 0.6) is 0 Å². The maximum absolute atomic E-state index is 13.4. The van der Waals surface area contributed by atoms with Crippen LogP contribution in [0.4, 0.5) is 4.39 Å². The van der Waals surface area contributed by atoms with E-state index < -0.39 is 11.4 Å². The molecule has 0 bridgehead atoms. The summed E-state index contributed by atoms with van der Waals surface area (Å²) in [5.41, 5.74) is 0.651. The van der Waals surface area contributed by atoms with Gasteiger partial charge in [0.25, 0.3) is 11.5 Å². The van der Waals surface area contributed by atoms with Crippen LogP contribution in [0.25, 0.3) is 10.9 Å². The molecule has 3 heterocycles. The van der Waals surface area contributed by atoms with E-state index in [1.807, 2.05) is 0 Å². The van der Waals surface area contributed by atoms with E-state index in [1.54, 1.807) is 4.90 Å². The lowest BCUT2D eigenvalue weighted by Crippen LogP contribution is -2.38. The molecule has 0 unspecified atom stereocenters. The van der Waals surface area contributed by atoms with Crippen molar-refractivity contribution in [3.05, 3.63) is 74.4 Å². The van der Waals surface area contributed by atoms with Gasteiger partial charge in [0.1, 0.15) is 5.82 Å². The number of carbonyl (C=O) groups is 1. The fourth-order valence-electron chi connectivity index (χ4n) is 3.56. The van der Waals surface area contributed by atoms with Crippen LogP contribution in [0, 0.1) is 5.82 Å². The highest BCUT2D eigenvalue weighted by atomic mass is 19.1. The molecule has 1 fully saturated rings. The maximum Gasteiger partial charge on any atom is 0.254 e. The third kappa shape index (κ3) is 3.38. The molecule has 8 heteroatoms. The Labute approximate surface area is 152 Å². The molecule has 1 aliphatic heterocycles. The van der Waals surface area contributed by atoms with E-state index in [-0.39, 0.29) is 22.9 Å². The second-order valence-electron chi connectivity index (χ2n) is 6.64. The van der Waals surface area contributed by atoms with Crippen LogP contribution in [0.1, 0.15) is 34.8 Å². The summed E-state index contributed by atoms with van der Waals surface area (Å²) in [4.78, 5) is 47.2. The quantitative estimate of drug-likeness (QED) is 0.720. The SMILES string of the molecule is O=C(c1cc(=O)[nH]c2cc(F)ccc12)N1CCC(c2cc(=O)[nH]cn2)CC1. The topological polar surface area (TPSA) is 98.9 Å².